The number of hydrogen-bond donors (Lipinski definition) is 2. The van der Waals surface area contributed by atoms with Crippen LogP contribution in [0.15, 0.2) is 54.7 Å². The number of hydrogen-bond acceptors (Lipinski definition) is 5. The van der Waals surface area contributed by atoms with Gasteiger partial charge in [0.15, 0.2) is 0 Å². The molecule has 1 saturated heterocycles. The number of benzene rings is 2. The van der Waals surface area contributed by atoms with Crippen LogP contribution in [0, 0.1) is 0 Å². The van der Waals surface area contributed by atoms with Gasteiger partial charge < -0.3 is 20.0 Å². The van der Waals surface area contributed by atoms with E-state index in [0.717, 1.165) is 4.90 Å². The van der Waals surface area contributed by atoms with Gasteiger partial charge in [0, 0.05) is 29.7 Å². The van der Waals surface area contributed by atoms with Gasteiger partial charge in [0.25, 0.3) is 0 Å². The van der Waals surface area contributed by atoms with Gasteiger partial charge in [0.2, 0.25) is 5.91 Å². The predicted molar refractivity (Wildman–Crippen MR) is 151 cm³/mol. The number of amides is 1. The highest BCUT2D eigenvalue weighted by Crippen LogP contribution is 2.42. The van der Waals surface area contributed by atoms with Gasteiger partial charge in [-0.3, -0.25) is 4.79 Å². The summed E-state index contributed by atoms with van der Waals surface area (Å²) in [5.41, 5.74) is -4.28. The highest BCUT2D eigenvalue weighted by atomic mass is 35.5. The molecular formula is C30H30ClF6N3O3. The third kappa shape index (κ3) is 6.61. The average molecular weight is 630 g/mol. The molecule has 43 heavy (non-hydrogen) atoms. The van der Waals surface area contributed by atoms with Gasteiger partial charge in [-0.15, -0.1) is 0 Å². The topological polar surface area (TPSA) is 76.9 Å². The smallest absolute Gasteiger partial charge is 0.394 e. The van der Waals surface area contributed by atoms with Gasteiger partial charge in [0.05, 0.1) is 47.2 Å². The first-order valence-electron chi connectivity index (χ1n) is 13.4. The van der Waals surface area contributed by atoms with Crippen LogP contribution in [-0.2, 0) is 22.6 Å². The minimum atomic E-state index is -5.08. The summed E-state index contributed by atoms with van der Waals surface area (Å²) in [5.74, 6) is -0.422. The van der Waals surface area contributed by atoms with E-state index in [4.69, 9.17) is 11.6 Å². The van der Waals surface area contributed by atoms with Crippen molar-refractivity contribution < 1.29 is 41.4 Å². The van der Waals surface area contributed by atoms with E-state index in [9.17, 15) is 41.4 Å². The molecule has 0 radical (unpaired) electrons. The molecule has 2 heterocycles. The Morgan fingerprint density at radius 2 is 1.58 bits per heavy atom. The molecule has 1 fully saturated rings. The Bertz CT molecular complexity index is 1460. The quantitative estimate of drug-likeness (QED) is 0.297. The van der Waals surface area contributed by atoms with Crippen molar-refractivity contribution in [2.45, 2.75) is 56.6 Å². The molecular weight excluding hydrogens is 600 g/mol. The number of anilines is 2. The zero-order chi connectivity index (χ0) is 31.9. The van der Waals surface area contributed by atoms with Gasteiger partial charge >= 0.3 is 12.4 Å². The van der Waals surface area contributed by atoms with Gasteiger partial charge in [-0.25, -0.2) is 4.98 Å². The number of carbonyl (C=O) groups is 1. The van der Waals surface area contributed by atoms with Gasteiger partial charge in [-0.2, -0.15) is 26.3 Å². The monoisotopic (exact) mass is 629 g/mol. The van der Waals surface area contributed by atoms with Crippen LogP contribution in [0.25, 0.3) is 11.1 Å². The van der Waals surface area contributed by atoms with E-state index in [0.29, 0.717) is 53.5 Å². The summed E-state index contributed by atoms with van der Waals surface area (Å²) >= 11 is 6.51. The molecule has 0 aliphatic carbocycles. The lowest BCUT2D eigenvalue weighted by Gasteiger charge is -2.39. The first kappa shape index (κ1) is 32.6. The fourth-order valence-electron chi connectivity index (χ4n) is 5.27. The zero-order valence-corrected chi connectivity index (χ0v) is 24.2. The number of halogens is 7. The second kappa shape index (κ2) is 12.0. The molecule has 2 N–H and O–H groups in total. The summed E-state index contributed by atoms with van der Waals surface area (Å²) in [6.07, 6.45) is -8.48. The molecule has 232 valence electrons. The Kier molecular flexibility index (Phi) is 9.07. The number of rotatable bonds is 6. The number of likely N-dealkylation sites (N-methyl/N-ethyl adjacent to an activating group) is 1. The number of nitrogens with zero attached hydrogens (tertiary/aromatic N) is 3. The lowest BCUT2D eigenvalue weighted by Crippen LogP contribution is -2.50. The van der Waals surface area contributed by atoms with Crippen molar-refractivity contribution in [3.8, 4) is 11.1 Å². The van der Waals surface area contributed by atoms with E-state index in [2.05, 4.69) is 4.98 Å². The van der Waals surface area contributed by atoms with Crippen molar-refractivity contribution in [1.29, 1.82) is 0 Å². The van der Waals surface area contributed by atoms with Crippen LogP contribution in [0.2, 0.25) is 5.02 Å². The van der Waals surface area contributed by atoms with Crippen molar-refractivity contribution in [2.24, 2.45) is 0 Å². The number of piperidine rings is 1. The van der Waals surface area contributed by atoms with Crippen LogP contribution < -0.4 is 9.80 Å². The maximum atomic E-state index is 13.9. The molecule has 0 bridgehead atoms. The molecule has 2 aromatic carbocycles. The standard InChI is InChI=1S/C30H30ClF6N3O3/c1-28(2,17-11-18(29(32,33)34)13-19(12-17)30(35,36)37)27(43)39(3)23-15-38-26(40-10-6-9-25(42)24(40)16-41)14-21(23)20-7-4-5-8-22(20)31/h4-5,7-8,11-15,24-25,41-42H,6,9-10,16H2,1-3H3. The van der Waals surface area contributed by atoms with Gasteiger partial charge in [0.1, 0.15) is 5.82 Å². The molecule has 3 aromatic rings. The number of pyridine rings is 1. The van der Waals surface area contributed by atoms with Crippen LogP contribution in [0.5, 0.6) is 0 Å². The van der Waals surface area contributed by atoms with Crippen molar-refractivity contribution in [3.05, 3.63) is 76.4 Å². The van der Waals surface area contributed by atoms with E-state index in [1.54, 1.807) is 35.2 Å². The van der Waals surface area contributed by atoms with Crippen LogP contribution in [0.4, 0.5) is 37.8 Å². The minimum absolute atomic E-state index is 0.0170. The van der Waals surface area contributed by atoms with Crippen LogP contribution in [0.3, 0.4) is 0 Å². The molecule has 1 aromatic heterocycles. The van der Waals surface area contributed by atoms with E-state index < -0.39 is 52.5 Å². The maximum Gasteiger partial charge on any atom is 0.416 e. The fourth-order valence-corrected chi connectivity index (χ4v) is 5.50. The summed E-state index contributed by atoms with van der Waals surface area (Å²) in [4.78, 5) is 21.2. The number of alkyl halides is 6. The molecule has 6 nitrogen and oxygen atoms in total. The largest absolute Gasteiger partial charge is 0.416 e. The molecule has 1 aliphatic heterocycles. The second-order valence-electron chi connectivity index (χ2n) is 11.0. The number of carbonyl (C=O) groups excluding carboxylic acids is 1. The highest BCUT2D eigenvalue weighted by Gasteiger charge is 2.41. The molecule has 13 heteroatoms. The first-order chi connectivity index (χ1) is 20.0. The Morgan fingerprint density at radius 3 is 2.14 bits per heavy atom. The normalized spacial score (nSPS) is 18.1. The van der Waals surface area contributed by atoms with Gasteiger partial charge in [-0.05, 0) is 62.6 Å². The summed E-state index contributed by atoms with van der Waals surface area (Å²) in [6, 6.07) is 8.82. The summed E-state index contributed by atoms with van der Waals surface area (Å²) in [5, 5.41) is 20.7. The van der Waals surface area contributed by atoms with Crippen molar-refractivity contribution in [1.82, 2.24) is 4.98 Å². The van der Waals surface area contributed by atoms with E-state index in [1.165, 1.54) is 27.1 Å². The summed E-state index contributed by atoms with van der Waals surface area (Å²) < 4.78 is 81.5. The second-order valence-corrected chi connectivity index (χ2v) is 11.4. The molecule has 1 amide bonds. The van der Waals surface area contributed by atoms with Crippen LogP contribution in [0.1, 0.15) is 43.4 Å². The maximum absolute atomic E-state index is 13.9. The molecule has 2 unspecified atom stereocenters. The van der Waals surface area contributed by atoms with E-state index in [-0.39, 0.29) is 18.4 Å². The third-order valence-electron chi connectivity index (χ3n) is 7.77. The predicted octanol–water partition coefficient (Wildman–Crippen LogP) is 6.70. The Morgan fingerprint density at radius 1 is 1.00 bits per heavy atom. The van der Waals surface area contributed by atoms with Crippen LogP contribution in [-0.4, -0.2) is 53.4 Å². The van der Waals surface area contributed by atoms with Crippen molar-refractivity contribution in [2.75, 3.05) is 30.0 Å². The van der Waals surface area contributed by atoms with Gasteiger partial charge in [-0.1, -0.05) is 29.8 Å². The molecule has 2 atom stereocenters. The lowest BCUT2D eigenvalue weighted by molar-refractivity contribution is -0.143. The molecule has 1 aliphatic rings. The van der Waals surface area contributed by atoms with E-state index >= 15 is 0 Å². The fraction of sp³-hybridized carbons (Fsp3) is 0.400. The van der Waals surface area contributed by atoms with Crippen molar-refractivity contribution in [3.63, 3.8) is 0 Å². The number of aliphatic hydroxyl groups excluding tert-OH is 2. The summed E-state index contributed by atoms with van der Waals surface area (Å²) in [7, 11) is 1.35. The number of aromatic nitrogens is 1. The molecule has 0 spiro atoms. The summed E-state index contributed by atoms with van der Waals surface area (Å²) in [6.45, 7) is 2.64. The van der Waals surface area contributed by atoms with Crippen molar-refractivity contribution >= 4 is 29.0 Å². The third-order valence-corrected chi connectivity index (χ3v) is 8.10. The average Bonchev–Trinajstić information content (AvgIpc) is 2.95. The number of aliphatic hydroxyl groups is 2. The Balaban J connectivity index is 1.83. The lowest BCUT2D eigenvalue weighted by atomic mass is 9.81. The molecule has 4 rings (SSSR count). The molecule has 0 saturated carbocycles. The first-order valence-corrected chi connectivity index (χ1v) is 13.7. The van der Waals surface area contributed by atoms with Crippen LogP contribution >= 0.6 is 11.6 Å². The highest BCUT2D eigenvalue weighted by molar-refractivity contribution is 6.33. The Hall–Kier alpha value is -3.35. The van der Waals surface area contributed by atoms with E-state index in [1.807, 2.05) is 0 Å². The zero-order valence-electron chi connectivity index (χ0n) is 23.5. The Labute approximate surface area is 249 Å². The minimum Gasteiger partial charge on any atom is -0.394 e. The SMILES string of the molecule is CN(C(=O)C(C)(C)c1cc(C(F)(F)F)cc(C(F)(F)F)c1)c1cnc(N2CCCC(O)C2CO)cc1-c1ccccc1Cl.